The van der Waals surface area contributed by atoms with E-state index in [9.17, 15) is 22.0 Å². The van der Waals surface area contributed by atoms with Crippen LogP contribution in [0.2, 0.25) is 0 Å². The van der Waals surface area contributed by atoms with Crippen LogP contribution in [0.4, 0.5) is 13.9 Å². The summed E-state index contributed by atoms with van der Waals surface area (Å²) in [6, 6.07) is 6.50. The second-order valence-corrected chi connectivity index (χ2v) is 12.6. The topological polar surface area (TPSA) is 79.8 Å². The highest BCUT2D eigenvalue weighted by Crippen LogP contribution is 2.35. The normalized spacial score (nSPS) is 19.5. The summed E-state index contributed by atoms with van der Waals surface area (Å²) >= 11 is 1.49. The molecular weight excluding hydrogens is 520 g/mol. The lowest BCUT2D eigenvalue weighted by molar-refractivity contribution is -0.123. The van der Waals surface area contributed by atoms with Crippen LogP contribution in [0, 0.1) is 31.4 Å². The summed E-state index contributed by atoms with van der Waals surface area (Å²) in [5.41, 5.74) is 3.02. The first-order valence-electron chi connectivity index (χ1n) is 12.4. The summed E-state index contributed by atoms with van der Waals surface area (Å²) in [6.45, 7) is 5.23. The summed E-state index contributed by atoms with van der Waals surface area (Å²) in [6.07, 6.45) is 2.34. The lowest BCUT2D eigenvalue weighted by Crippen LogP contribution is -2.46. The number of anilines is 1. The molecule has 1 aromatic heterocycles. The van der Waals surface area contributed by atoms with E-state index in [1.165, 1.54) is 15.6 Å². The van der Waals surface area contributed by atoms with Crippen LogP contribution in [0.15, 0.2) is 35.2 Å². The number of carbonyl (C=O) groups excluding carboxylic acids is 1. The van der Waals surface area contributed by atoms with Crippen LogP contribution in [0.25, 0.3) is 10.2 Å². The minimum absolute atomic E-state index is 0.0694. The zero-order valence-corrected chi connectivity index (χ0v) is 22.4. The number of nitrogens with zero attached hydrogens (tertiary/aromatic N) is 3. The number of halogens is 2. The Bertz CT molecular complexity index is 1390. The molecule has 3 heterocycles. The van der Waals surface area contributed by atoms with E-state index in [-0.39, 0.29) is 25.1 Å². The van der Waals surface area contributed by atoms with Gasteiger partial charge in [-0.15, -0.1) is 0 Å². The SMILES string of the molecule is Cc1ccc(C)c2sc(N(CC3CCCO3)C(=O)C3CCN(S(=O)(=O)c4ccc(F)cc4F)CC3)nc12. The Labute approximate surface area is 219 Å². The molecule has 11 heteroatoms. The molecule has 2 fully saturated rings. The van der Waals surface area contributed by atoms with E-state index in [0.717, 1.165) is 46.3 Å². The third-order valence-corrected chi connectivity index (χ3v) is 10.3. The minimum atomic E-state index is -4.14. The number of carbonyl (C=O) groups is 1. The molecular formula is C26H29F2N3O4S2. The lowest BCUT2D eigenvalue weighted by Gasteiger charge is -2.33. The van der Waals surface area contributed by atoms with E-state index in [4.69, 9.17) is 9.72 Å². The number of thiazole rings is 1. The maximum absolute atomic E-state index is 14.2. The highest BCUT2D eigenvalue weighted by molar-refractivity contribution is 7.89. The number of aryl methyl sites for hydroxylation is 2. The fourth-order valence-electron chi connectivity index (χ4n) is 5.00. The molecule has 7 nitrogen and oxygen atoms in total. The summed E-state index contributed by atoms with van der Waals surface area (Å²) in [4.78, 5) is 19.8. The first-order valence-corrected chi connectivity index (χ1v) is 14.7. The first-order chi connectivity index (χ1) is 17.6. The standard InChI is InChI=1S/C26H29F2N3O4S2/c1-16-5-6-17(2)24-23(16)29-26(36-24)31(15-20-4-3-13-35-20)25(32)18-9-11-30(12-10-18)37(33,34)22-8-7-19(27)14-21(22)28/h5-8,14,18,20H,3-4,9-13,15H2,1-2H3. The van der Waals surface area contributed by atoms with Gasteiger partial charge in [-0.05, 0) is 62.8 Å². The molecule has 37 heavy (non-hydrogen) atoms. The van der Waals surface area contributed by atoms with E-state index >= 15 is 0 Å². The number of aromatic nitrogens is 1. The van der Waals surface area contributed by atoms with Gasteiger partial charge in [0.2, 0.25) is 15.9 Å². The summed E-state index contributed by atoms with van der Waals surface area (Å²) < 4.78 is 61.5. The van der Waals surface area contributed by atoms with Crippen molar-refractivity contribution in [1.82, 2.24) is 9.29 Å². The third kappa shape index (κ3) is 5.14. The highest BCUT2D eigenvalue weighted by Gasteiger charge is 2.37. The Morgan fingerprint density at radius 3 is 2.51 bits per heavy atom. The molecule has 2 aliphatic rings. The van der Waals surface area contributed by atoms with E-state index < -0.39 is 32.5 Å². The number of piperidine rings is 1. The molecule has 0 bridgehead atoms. The predicted molar refractivity (Wildman–Crippen MR) is 138 cm³/mol. The molecule has 2 aromatic carbocycles. The number of sulfonamides is 1. The molecule has 1 atom stereocenters. The number of fused-ring (bicyclic) bond motifs is 1. The third-order valence-electron chi connectivity index (χ3n) is 7.15. The zero-order chi connectivity index (χ0) is 26.3. The number of rotatable bonds is 6. The highest BCUT2D eigenvalue weighted by atomic mass is 32.2. The zero-order valence-electron chi connectivity index (χ0n) is 20.7. The van der Waals surface area contributed by atoms with E-state index in [0.29, 0.717) is 37.2 Å². The van der Waals surface area contributed by atoms with Crippen molar-refractivity contribution in [3.8, 4) is 0 Å². The second-order valence-electron chi connectivity index (χ2n) is 9.71. The van der Waals surface area contributed by atoms with Crippen LogP contribution in [0.5, 0.6) is 0 Å². The molecule has 198 valence electrons. The van der Waals surface area contributed by atoms with Crippen molar-refractivity contribution in [3.63, 3.8) is 0 Å². The van der Waals surface area contributed by atoms with Crippen LogP contribution in [-0.4, -0.2) is 56.0 Å². The second kappa shape index (κ2) is 10.4. The molecule has 1 amide bonds. The van der Waals surface area contributed by atoms with Gasteiger partial charge in [-0.1, -0.05) is 23.5 Å². The number of benzene rings is 2. The van der Waals surface area contributed by atoms with E-state index in [1.807, 2.05) is 26.0 Å². The molecule has 0 radical (unpaired) electrons. The lowest BCUT2D eigenvalue weighted by atomic mass is 9.96. The molecule has 0 saturated carbocycles. The van der Waals surface area contributed by atoms with Crippen molar-refractivity contribution in [1.29, 1.82) is 0 Å². The molecule has 1 unspecified atom stereocenters. The van der Waals surface area contributed by atoms with Gasteiger partial charge in [0.1, 0.15) is 16.5 Å². The molecule has 0 spiro atoms. The monoisotopic (exact) mass is 549 g/mol. The van der Waals surface area contributed by atoms with Crippen molar-refractivity contribution in [2.45, 2.75) is 50.5 Å². The molecule has 0 N–H and O–H groups in total. The van der Waals surface area contributed by atoms with Crippen LogP contribution in [0.1, 0.15) is 36.8 Å². The van der Waals surface area contributed by atoms with Crippen LogP contribution < -0.4 is 4.90 Å². The number of amides is 1. The average molecular weight is 550 g/mol. The fourth-order valence-corrected chi connectivity index (χ4v) is 7.65. The van der Waals surface area contributed by atoms with Crippen molar-refractivity contribution in [2.24, 2.45) is 5.92 Å². The Hall–Kier alpha value is -2.47. The molecule has 2 saturated heterocycles. The van der Waals surface area contributed by atoms with Crippen molar-refractivity contribution >= 4 is 42.6 Å². The summed E-state index contributed by atoms with van der Waals surface area (Å²) in [5.74, 6) is -2.47. The van der Waals surface area contributed by atoms with Gasteiger partial charge in [-0.2, -0.15) is 4.31 Å². The fraction of sp³-hybridized carbons (Fsp3) is 0.462. The largest absolute Gasteiger partial charge is 0.376 e. The number of hydrogen-bond acceptors (Lipinski definition) is 6. The van der Waals surface area contributed by atoms with Gasteiger partial charge in [0.05, 0.1) is 22.9 Å². The van der Waals surface area contributed by atoms with Crippen LogP contribution in [-0.2, 0) is 19.6 Å². The molecule has 3 aromatic rings. The maximum atomic E-state index is 14.2. The van der Waals surface area contributed by atoms with Gasteiger partial charge in [-0.25, -0.2) is 22.2 Å². The number of ether oxygens (including phenoxy) is 1. The Morgan fingerprint density at radius 2 is 1.86 bits per heavy atom. The van der Waals surface area contributed by atoms with Crippen LogP contribution in [0.3, 0.4) is 0 Å². The smallest absolute Gasteiger partial charge is 0.245 e. The Balaban J connectivity index is 1.37. The quantitative estimate of drug-likeness (QED) is 0.441. The number of hydrogen-bond donors (Lipinski definition) is 0. The van der Waals surface area contributed by atoms with Gasteiger partial charge in [0.25, 0.3) is 0 Å². The molecule has 0 aliphatic carbocycles. The van der Waals surface area contributed by atoms with Gasteiger partial charge < -0.3 is 4.74 Å². The predicted octanol–water partition coefficient (Wildman–Crippen LogP) is 4.80. The van der Waals surface area contributed by atoms with Gasteiger partial charge in [-0.3, -0.25) is 9.69 Å². The van der Waals surface area contributed by atoms with Gasteiger partial charge >= 0.3 is 0 Å². The summed E-state index contributed by atoms with van der Waals surface area (Å²) in [7, 11) is -4.14. The first kappa shape index (κ1) is 26.1. The minimum Gasteiger partial charge on any atom is -0.376 e. The van der Waals surface area contributed by atoms with Crippen molar-refractivity contribution in [2.75, 3.05) is 31.1 Å². The van der Waals surface area contributed by atoms with E-state index in [1.54, 1.807) is 4.90 Å². The van der Waals surface area contributed by atoms with Crippen LogP contribution >= 0.6 is 11.3 Å². The van der Waals surface area contributed by atoms with Gasteiger partial charge in [0.15, 0.2) is 5.13 Å². The molecule has 5 rings (SSSR count). The van der Waals surface area contributed by atoms with Crippen molar-refractivity contribution in [3.05, 3.63) is 53.1 Å². The molecule has 2 aliphatic heterocycles. The van der Waals surface area contributed by atoms with Crippen molar-refractivity contribution < 1.29 is 26.7 Å². The summed E-state index contributed by atoms with van der Waals surface area (Å²) in [5, 5.41) is 0.622. The van der Waals surface area contributed by atoms with Gasteiger partial charge in [0, 0.05) is 31.7 Å². The average Bonchev–Trinajstić information content (AvgIpc) is 3.55. The van der Waals surface area contributed by atoms with E-state index in [2.05, 4.69) is 0 Å². The Morgan fingerprint density at radius 1 is 1.14 bits per heavy atom. The Kier molecular flexibility index (Phi) is 7.32. The maximum Gasteiger partial charge on any atom is 0.245 e.